The van der Waals surface area contributed by atoms with Gasteiger partial charge in [0, 0.05) is 5.69 Å². The van der Waals surface area contributed by atoms with E-state index >= 15 is 0 Å². The van der Waals surface area contributed by atoms with Gasteiger partial charge in [-0.25, -0.2) is 4.79 Å². The molecule has 8 nitrogen and oxygen atoms in total. The van der Waals surface area contributed by atoms with E-state index in [0.717, 1.165) is 18.4 Å². The number of ether oxygens (including phenoxy) is 3. The number of nitrogens with zero attached hydrogens (tertiary/aromatic N) is 1. The fourth-order valence-electron chi connectivity index (χ4n) is 4.84. The molecule has 0 saturated heterocycles. The van der Waals surface area contributed by atoms with Crippen LogP contribution in [0, 0.1) is 6.92 Å². The van der Waals surface area contributed by atoms with Gasteiger partial charge in [-0.2, -0.15) is 0 Å². The largest absolute Gasteiger partial charge is 0.493 e. The van der Waals surface area contributed by atoms with Crippen LogP contribution in [0.3, 0.4) is 0 Å². The first-order valence-corrected chi connectivity index (χ1v) is 12.8. The molecule has 1 amide bonds. The normalized spacial score (nSPS) is 14.4. The molecule has 0 saturated carbocycles. The van der Waals surface area contributed by atoms with Crippen molar-refractivity contribution in [3.8, 4) is 11.5 Å². The van der Waals surface area contributed by atoms with Gasteiger partial charge in [0.05, 0.1) is 43.4 Å². The fraction of sp³-hybridized carbons (Fsp3) is 0.258. The third kappa shape index (κ3) is 4.63. The molecule has 1 aliphatic heterocycles. The number of hydrogen-bond acceptors (Lipinski definition) is 7. The summed E-state index contributed by atoms with van der Waals surface area (Å²) in [5.41, 5.74) is 2.72. The van der Waals surface area contributed by atoms with Crippen molar-refractivity contribution >= 4 is 28.5 Å². The molecule has 0 fully saturated rings. The van der Waals surface area contributed by atoms with Crippen LogP contribution >= 0.6 is 0 Å². The minimum atomic E-state index is -0.796. The number of rotatable bonds is 8. The van der Waals surface area contributed by atoms with E-state index in [2.05, 4.69) is 0 Å². The molecule has 0 bridgehead atoms. The van der Waals surface area contributed by atoms with E-state index < -0.39 is 17.9 Å². The molecule has 1 aromatic heterocycles. The summed E-state index contributed by atoms with van der Waals surface area (Å²) in [5.74, 6) is 0.0780. The van der Waals surface area contributed by atoms with Gasteiger partial charge >= 0.3 is 5.97 Å². The standard InChI is InChI=1S/C31H29NO7/c1-5-6-15-38-31(35)19-8-11-21(12-9-19)32-27(20-10-14-24(36-3)25(17-20)37-4)26-28(33)22-16-18(2)7-13-23(22)39-29(26)30(32)34/h7-14,16-17,27H,5-6,15H2,1-4H3. The highest BCUT2D eigenvalue weighted by Gasteiger charge is 2.44. The lowest BCUT2D eigenvalue weighted by Crippen LogP contribution is -2.29. The molecule has 8 heteroatoms. The topological polar surface area (TPSA) is 95.3 Å². The number of amides is 1. The molecule has 1 unspecified atom stereocenters. The predicted molar refractivity (Wildman–Crippen MR) is 147 cm³/mol. The Balaban J connectivity index is 1.65. The zero-order chi connectivity index (χ0) is 27.7. The molecule has 0 spiro atoms. The molecule has 1 aliphatic rings. The Kier molecular flexibility index (Phi) is 7.11. The van der Waals surface area contributed by atoms with Gasteiger partial charge in [-0.1, -0.05) is 31.0 Å². The Hall–Kier alpha value is -4.59. The van der Waals surface area contributed by atoms with Gasteiger partial charge in [0.25, 0.3) is 5.91 Å². The highest BCUT2D eigenvalue weighted by atomic mass is 16.5. The van der Waals surface area contributed by atoms with Crippen molar-refractivity contribution in [2.45, 2.75) is 32.7 Å². The first-order chi connectivity index (χ1) is 18.9. The summed E-state index contributed by atoms with van der Waals surface area (Å²) in [6.07, 6.45) is 1.70. The number of methoxy groups -OCH3 is 2. The van der Waals surface area contributed by atoms with Crippen LogP contribution in [-0.2, 0) is 4.74 Å². The van der Waals surface area contributed by atoms with Crippen molar-refractivity contribution in [1.29, 1.82) is 0 Å². The second-order valence-corrected chi connectivity index (χ2v) is 9.40. The minimum absolute atomic E-state index is 0.0146. The fourth-order valence-corrected chi connectivity index (χ4v) is 4.84. The second kappa shape index (κ2) is 10.6. The number of anilines is 1. The van der Waals surface area contributed by atoms with E-state index in [-0.39, 0.29) is 16.8 Å². The summed E-state index contributed by atoms with van der Waals surface area (Å²) < 4.78 is 22.3. The molecule has 3 aromatic carbocycles. The van der Waals surface area contributed by atoms with E-state index in [1.165, 1.54) is 19.1 Å². The van der Waals surface area contributed by atoms with Crippen molar-refractivity contribution in [3.05, 3.63) is 98.9 Å². The van der Waals surface area contributed by atoms with Crippen LogP contribution in [-0.4, -0.2) is 32.7 Å². The number of esters is 1. The highest BCUT2D eigenvalue weighted by Crippen LogP contribution is 2.43. The third-order valence-electron chi connectivity index (χ3n) is 6.86. The van der Waals surface area contributed by atoms with E-state index in [4.69, 9.17) is 18.6 Å². The van der Waals surface area contributed by atoms with Crippen LogP contribution in [0.15, 0.2) is 69.9 Å². The highest BCUT2D eigenvalue weighted by molar-refractivity contribution is 6.11. The van der Waals surface area contributed by atoms with Crippen molar-refractivity contribution in [2.75, 3.05) is 25.7 Å². The third-order valence-corrected chi connectivity index (χ3v) is 6.86. The van der Waals surface area contributed by atoms with Gasteiger partial charge < -0.3 is 18.6 Å². The Morgan fingerprint density at radius 3 is 2.38 bits per heavy atom. The second-order valence-electron chi connectivity index (χ2n) is 9.40. The molecule has 0 radical (unpaired) electrons. The molecule has 5 rings (SSSR count). The van der Waals surface area contributed by atoms with E-state index in [9.17, 15) is 14.4 Å². The number of hydrogen-bond donors (Lipinski definition) is 0. The maximum atomic E-state index is 13.9. The molecule has 2 heterocycles. The van der Waals surface area contributed by atoms with E-state index in [1.54, 1.807) is 54.6 Å². The van der Waals surface area contributed by atoms with Crippen molar-refractivity contribution in [1.82, 2.24) is 0 Å². The number of carbonyl (C=O) groups excluding carboxylic acids is 2. The molecule has 39 heavy (non-hydrogen) atoms. The SMILES string of the molecule is CCCCOC(=O)c1ccc(N2C(=O)c3oc4ccc(C)cc4c(=O)c3C2c2ccc(OC)c(OC)c2)cc1. The van der Waals surface area contributed by atoms with E-state index in [0.29, 0.717) is 45.9 Å². The Labute approximate surface area is 225 Å². The molecule has 0 aliphatic carbocycles. The van der Waals surface area contributed by atoms with Crippen LogP contribution in [0.2, 0.25) is 0 Å². The van der Waals surface area contributed by atoms with Gasteiger partial charge in [0.15, 0.2) is 16.9 Å². The Morgan fingerprint density at radius 1 is 0.949 bits per heavy atom. The summed E-state index contributed by atoms with van der Waals surface area (Å²) in [5, 5.41) is 0.402. The summed E-state index contributed by atoms with van der Waals surface area (Å²) >= 11 is 0. The maximum Gasteiger partial charge on any atom is 0.338 e. The van der Waals surface area contributed by atoms with Crippen molar-refractivity contribution in [2.24, 2.45) is 0 Å². The van der Waals surface area contributed by atoms with Gasteiger partial charge in [-0.15, -0.1) is 0 Å². The van der Waals surface area contributed by atoms with Gasteiger partial charge in [-0.3, -0.25) is 14.5 Å². The molecular formula is C31H29NO7. The lowest BCUT2D eigenvalue weighted by atomic mass is 9.97. The zero-order valence-electron chi connectivity index (χ0n) is 22.3. The lowest BCUT2D eigenvalue weighted by Gasteiger charge is -2.26. The molecule has 4 aromatic rings. The van der Waals surface area contributed by atoms with Crippen molar-refractivity contribution in [3.63, 3.8) is 0 Å². The van der Waals surface area contributed by atoms with Crippen molar-refractivity contribution < 1.29 is 28.2 Å². The minimum Gasteiger partial charge on any atom is -0.493 e. The molecule has 0 N–H and O–H groups in total. The van der Waals surface area contributed by atoms with Gasteiger partial charge in [-0.05, 0) is 67.4 Å². The van der Waals surface area contributed by atoms with E-state index in [1.807, 2.05) is 19.9 Å². The summed E-state index contributed by atoms with van der Waals surface area (Å²) in [6, 6.07) is 16.3. The number of carbonyl (C=O) groups is 2. The monoisotopic (exact) mass is 527 g/mol. The molecular weight excluding hydrogens is 498 g/mol. The Morgan fingerprint density at radius 2 is 1.69 bits per heavy atom. The van der Waals surface area contributed by atoms with Gasteiger partial charge in [0.1, 0.15) is 5.58 Å². The molecule has 200 valence electrons. The number of aryl methyl sites for hydroxylation is 1. The van der Waals surface area contributed by atoms with Crippen LogP contribution in [0.25, 0.3) is 11.0 Å². The number of benzene rings is 3. The predicted octanol–water partition coefficient (Wildman–Crippen LogP) is 5.83. The quantitative estimate of drug-likeness (QED) is 0.210. The van der Waals surface area contributed by atoms with Crippen LogP contribution < -0.4 is 19.8 Å². The first kappa shape index (κ1) is 26.0. The lowest BCUT2D eigenvalue weighted by molar-refractivity contribution is 0.0499. The summed E-state index contributed by atoms with van der Waals surface area (Å²) in [4.78, 5) is 41.7. The number of unbranched alkanes of at least 4 members (excludes halogenated alkanes) is 1. The van der Waals surface area contributed by atoms with Crippen LogP contribution in [0.1, 0.15) is 63.4 Å². The van der Waals surface area contributed by atoms with Gasteiger partial charge in [0.2, 0.25) is 5.76 Å². The van der Waals surface area contributed by atoms with Crippen LogP contribution in [0.4, 0.5) is 5.69 Å². The summed E-state index contributed by atoms with van der Waals surface area (Å²) in [6.45, 7) is 4.26. The van der Waals surface area contributed by atoms with Crippen LogP contribution in [0.5, 0.6) is 11.5 Å². The smallest absolute Gasteiger partial charge is 0.338 e. The Bertz CT molecular complexity index is 1620. The maximum absolute atomic E-state index is 13.9. The average Bonchev–Trinajstić information content (AvgIpc) is 3.25. The number of fused-ring (bicyclic) bond motifs is 2. The zero-order valence-corrected chi connectivity index (χ0v) is 22.3. The summed E-state index contributed by atoms with van der Waals surface area (Å²) in [7, 11) is 3.06. The average molecular weight is 528 g/mol. The first-order valence-electron chi connectivity index (χ1n) is 12.8. The molecule has 1 atom stereocenters.